The Morgan fingerprint density at radius 2 is 1.78 bits per heavy atom. The summed E-state index contributed by atoms with van der Waals surface area (Å²) in [6.07, 6.45) is 7.89. The molecule has 0 amide bonds. The van der Waals surface area contributed by atoms with Crippen molar-refractivity contribution in [3.63, 3.8) is 0 Å². The molecule has 4 rings (SSSR count). The number of fused-ring (bicyclic) bond motifs is 1. The molecule has 170 valence electrons. The summed E-state index contributed by atoms with van der Waals surface area (Å²) >= 11 is 0. The van der Waals surface area contributed by atoms with E-state index in [-0.39, 0.29) is 0 Å². The molecule has 3 aromatic rings. The Labute approximate surface area is 189 Å². The number of rotatable bonds is 9. The second-order valence-corrected chi connectivity index (χ2v) is 8.18. The Balaban J connectivity index is 1.73. The molecule has 0 spiro atoms. The third-order valence-electron chi connectivity index (χ3n) is 5.90. The van der Waals surface area contributed by atoms with Crippen LogP contribution in [0.5, 0.6) is 0 Å². The first-order chi connectivity index (χ1) is 15.7. The first-order valence-electron chi connectivity index (χ1n) is 11.7. The highest BCUT2D eigenvalue weighted by molar-refractivity contribution is 5.99. The van der Waals surface area contributed by atoms with Gasteiger partial charge >= 0.3 is 0 Å². The van der Waals surface area contributed by atoms with Crippen molar-refractivity contribution >= 4 is 28.4 Å². The minimum absolute atomic E-state index is 0.475. The normalized spacial score (nSPS) is 14.1. The van der Waals surface area contributed by atoms with Gasteiger partial charge in [-0.1, -0.05) is 26.7 Å². The van der Waals surface area contributed by atoms with Crippen LogP contribution in [0.15, 0.2) is 30.7 Å². The smallest absolute Gasteiger partial charge is 0.167 e. The molecule has 1 aliphatic heterocycles. The molecule has 0 radical (unpaired) electrons. The summed E-state index contributed by atoms with van der Waals surface area (Å²) in [5, 5.41) is 0.835. The molecule has 8 heteroatoms. The maximum Gasteiger partial charge on any atom is 0.167 e. The topological polar surface area (TPSA) is 93.3 Å². The van der Waals surface area contributed by atoms with Crippen molar-refractivity contribution < 1.29 is 4.74 Å². The van der Waals surface area contributed by atoms with Gasteiger partial charge in [0.1, 0.15) is 18.0 Å². The third-order valence-corrected chi connectivity index (χ3v) is 5.90. The van der Waals surface area contributed by atoms with Crippen LogP contribution in [0.3, 0.4) is 0 Å². The number of aromatic nitrogens is 4. The van der Waals surface area contributed by atoms with Crippen molar-refractivity contribution in [3.8, 4) is 11.3 Å². The molecule has 2 N–H and O–H groups in total. The summed E-state index contributed by atoms with van der Waals surface area (Å²) < 4.78 is 5.45. The largest absolute Gasteiger partial charge is 0.383 e. The van der Waals surface area contributed by atoms with Crippen molar-refractivity contribution in [3.05, 3.63) is 30.7 Å². The molecule has 1 saturated heterocycles. The quantitative estimate of drug-likeness (QED) is 0.541. The van der Waals surface area contributed by atoms with Crippen LogP contribution in [0.1, 0.15) is 39.5 Å². The van der Waals surface area contributed by atoms with E-state index < -0.39 is 0 Å². The molecule has 3 aromatic heterocycles. The summed E-state index contributed by atoms with van der Waals surface area (Å²) in [6.45, 7) is 9.59. The standard InChI is InChI=1S/C24H33N7O/c1-3-5-9-30(10-6-4-2)20-15-19(29-24-22(20)23(25)27-17-28-24)18-7-8-21(26-16-18)31-11-13-32-14-12-31/h7-8,15-17H,3-6,9-14H2,1-2H3,(H2,25,27,28,29). The minimum atomic E-state index is 0.475. The van der Waals surface area contributed by atoms with Gasteiger partial charge in [0, 0.05) is 37.9 Å². The molecule has 1 fully saturated rings. The number of pyridine rings is 2. The maximum absolute atomic E-state index is 6.30. The van der Waals surface area contributed by atoms with E-state index >= 15 is 0 Å². The molecule has 32 heavy (non-hydrogen) atoms. The average molecular weight is 436 g/mol. The van der Waals surface area contributed by atoms with Gasteiger partial charge in [0.25, 0.3) is 0 Å². The number of hydrogen-bond donors (Lipinski definition) is 1. The van der Waals surface area contributed by atoms with Crippen LogP contribution in [0.4, 0.5) is 17.3 Å². The second-order valence-electron chi connectivity index (χ2n) is 8.18. The average Bonchev–Trinajstić information content (AvgIpc) is 2.84. The van der Waals surface area contributed by atoms with Gasteiger partial charge in [0.2, 0.25) is 0 Å². The molecular weight excluding hydrogens is 402 g/mol. The summed E-state index contributed by atoms with van der Waals surface area (Å²) in [7, 11) is 0. The minimum Gasteiger partial charge on any atom is -0.383 e. The molecule has 0 aliphatic carbocycles. The molecule has 8 nitrogen and oxygen atoms in total. The van der Waals surface area contributed by atoms with Crippen LogP contribution in [-0.2, 0) is 4.74 Å². The summed E-state index contributed by atoms with van der Waals surface area (Å²) in [4.78, 5) is 22.9. The van der Waals surface area contributed by atoms with Crippen molar-refractivity contribution in [2.75, 3.05) is 54.9 Å². The Kier molecular flexibility index (Phi) is 7.32. The van der Waals surface area contributed by atoms with Gasteiger partial charge < -0.3 is 20.3 Å². The lowest BCUT2D eigenvalue weighted by molar-refractivity contribution is 0.122. The van der Waals surface area contributed by atoms with Gasteiger partial charge in [-0.05, 0) is 31.0 Å². The van der Waals surface area contributed by atoms with E-state index in [0.29, 0.717) is 11.5 Å². The fourth-order valence-electron chi connectivity index (χ4n) is 4.03. The van der Waals surface area contributed by atoms with E-state index in [0.717, 1.165) is 93.2 Å². The molecule has 0 bridgehead atoms. The monoisotopic (exact) mass is 435 g/mol. The lowest BCUT2D eigenvalue weighted by atomic mass is 10.1. The Morgan fingerprint density at radius 1 is 1.03 bits per heavy atom. The van der Waals surface area contributed by atoms with Crippen molar-refractivity contribution in [1.82, 2.24) is 19.9 Å². The van der Waals surface area contributed by atoms with Crippen molar-refractivity contribution in [1.29, 1.82) is 0 Å². The van der Waals surface area contributed by atoms with Crippen LogP contribution < -0.4 is 15.5 Å². The molecular formula is C24H33N7O. The highest BCUT2D eigenvalue weighted by atomic mass is 16.5. The zero-order valence-corrected chi connectivity index (χ0v) is 19.1. The summed E-state index contributed by atoms with van der Waals surface area (Å²) in [5.41, 5.74) is 9.80. The van der Waals surface area contributed by atoms with Crippen LogP contribution in [-0.4, -0.2) is 59.3 Å². The zero-order chi connectivity index (χ0) is 22.3. The van der Waals surface area contributed by atoms with Crippen molar-refractivity contribution in [2.45, 2.75) is 39.5 Å². The third kappa shape index (κ3) is 4.91. The predicted octanol–water partition coefficient (Wildman–Crippen LogP) is 3.91. The van der Waals surface area contributed by atoms with E-state index in [1.165, 1.54) is 6.33 Å². The Bertz CT molecular complexity index is 1010. The fourth-order valence-corrected chi connectivity index (χ4v) is 4.03. The van der Waals surface area contributed by atoms with Crippen LogP contribution in [0.25, 0.3) is 22.3 Å². The fraction of sp³-hybridized carbons (Fsp3) is 0.500. The van der Waals surface area contributed by atoms with Gasteiger partial charge in [-0.25, -0.2) is 19.9 Å². The van der Waals surface area contributed by atoms with E-state index in [1.807, 2.05) is 6.20 Å². The number of nitrogens with two attached hydrogens (primary N) is 1. The van der Waals surface area contributed by atoms with Gasteiger partial charge in [-0.3, -0.25) is 0 Å². The van der Waals surface area contributed by atoms with E-state index in [4.69, 9.17) is 20.4 Å². The molecule has 0 unspecified atom stereocenters. The van der Waals surface area contributed by atoms with Gasteiger partial charge in [-0.2, -0.15) is 0 Å². The highest BCUT2D eigenvalue weighted by Gasteiger charge is 2.18. The highest BCUT2D eigenvalue weighted by Crippen LogP contribution is 2.33. The predicted molar refractivity (Wildman–Crippen MR) is 130 cm³/mol. The number of unbranched alkanes of at least 4 members (excludes halogenated alkanes) is 2. The maximum atomic E-state index is 6.30. The zero-order valence-electron chi connectivity index (χ0n) is 19.1. The molecule has 0 aromatic carbocycles. The van der Waals surface area contributed by atoms with E-state index in [9.17, 15) is 0 Å². The van der Waals surface area contributed by atoms with E-state index in [2.05, 4.69) is 51.8 Å². The molecule has 4 heterocycles. The van der Waals surface area contributed by atoms with Crippen LogP contribution in [0, 0.1) is 0 Å². The number of nitrogen functional groups attached to an aromatic ring is 1. The number of morpholine rings is 1. The molecule has 0 atom stereocenters. The van der Waals surface area contributed by atoms with Gasteiger partial charge in [-0.15, -0.1) is 0 Å². The summed E-state index contributed by atoms with van der Waals surface area (Å²) in [5.74, 6) is 1.44. The Hall–Kier alpha value is -3.00. The second kappa shape index (κ2) is 10.5. The number of nitrogens with zero attached hydrogens (tertiary/aromatic N) is 6. The SMILES string of the molecule is CCCCN(CCCC)c1cc(-c2ccc(N3CCOCC3)nc2)nc2ncnc(N)c12. The van der Waals surface area contributed by atoms with Crippen molar-refractivity contribution in [2.24, 2.45) is 0 Å². The van der Waals surface area contributed by atoms with Gasteiger partial charge in [0.15, 0.2) is 5.65 Å². The first kappa shape index (κ1) is 22.2. The number of anilines is 3. The van der Waals surface area contributed by atoms with E-state index in [1.54, 1.807) is 0 Å². The lowest BCUT2D eigenvalue weighted by Gasteiger charge is -2.28. The first-order valence-corrected chi connectivity index (χ1v) is 11.7. The number of hydrogen-bond acceptors (Lipinski definition) is 8. The lowest BCUT2D eigenvalue weighted by Crippen LogP contribution is -2.36. The van der Waals surface area contributed by atoms with Crippen LogP contribution in [0.2, 0.25) is 0 Å². The summed E-state index contributed by atoms with van der Waals surface area (Å²) in [6, 6.07) is 6.27. The molecule has 1 aliphatic rings. The molecule has 0 saturated carbocycles. The number of ether oxygens (including phenoxy) is 1. The Morgan fingerprint density at radius 3 is 2.44 bits per heavy atom. The van der Waals surface area contributed by atoms with Crippen LogP contribution >= 0.6 is 0 Å². The van der Waals surface area contributed by atoms with Gasteiger partial charge in [0.05, 0.1) is 30.0 Å².